The number of carbonyl (C=O) groups excluding carboxylic acids is 1. The van der Waals surface area contributed by atoms with E-state index in [0.717, 1.165) is 11.8 Å². The molecule has 0 atom stereocenters. The van der Waals surface area contributed by atoms with Crippen molar-refractivity contribution in [3.63, 3.8) is 0 Å². The fourth-order valence-corrected chi connectivity index (χ4v) is 1.93. The first-order valence-electron chi connectivity index (χ1n) is 4.99. The Morgan fingerprint density at radius 1 is 1.47 bits per heavy atom. The molecule has 0 aliphatic rings. The van der Waals surface area contributed by atoms with E-state index in [1.165, 1.54) is 6.92 Å². The molecule has 1 rings (SSSR count). The Morgan fingerprint density at radius 3 is 2.76 bits per heavy atom. The fourth-order valence-electron chi connectivity index (χ4n) is 1.20. The van der Waals surface area contributed by atoms with Gasteiger partial charge in [0.1, 0.15) is 5.82 Å². The third-order valence-electron chi connectivity index (χ3n) is 1.94. The number of rotatable bonds is 6. The van der Waals surface area contributed by atoms with E-state index in [0.29, 0.717) is 24.1 Å². The molecule has 17 heavy (non-hydrogen) atoms. The second-order valence-electron chi connectivity index (χ2n) is 3.35. The van der Waals surface area contributed by atoms with Crippen molar-refractivity contribution >= 4 is 23.6 Å². The average molecular weight is 258 g/mol. The number of aryl methyl sites for hydroxylation is 1. The highest BCUT2D eigenvalue weighted by atomic mass is 32.2. The molecule has 2 N–H and O–H groups in total. The van der Waals surface area contributed by atoms with Gasteiger partial charge in [-0.05, 0) is 6.92 Å². The van der Waals surface area contributed by atoms with E-state index in [9.17, 15) is 9.59 Å². The van der Waals surface area contributed by atoms with E-state index in [4.69, 9.17) is 5.11 Å². The Hall–Kier alpha value is -1.57. The molecule has 0 aliphatic heterocycles. The van der Waals surface area contributed by atoms with Gasteiger partial charge < -0.3 is 15.0 Å². The number of carbonyl (C=O) groups is 2. The summed E-state index contributed by atoms with van der Waals surface area (Å²) in [5.74, 6) is -0.360. The zero-order valence-corrected chi connectivity index (χ0v) is 10.5. The minimum atomic E-state index is -0.899. The first-order chi connectivity index (χ1) is 8.00. The van der Waals surface area contributed by atoms with Gasteiger partial charge in [0.05, 0.1) is 5.75 Å². The smallest absolute Gasteiger partial charge is 0.313 e. The van der Waals surface area contributed by atoms with Gasteiger partial charge in [0.25, 0.3) is 0 Å². The first kappa shape index (κ1) is 13.5. The van der Waals surface area contributed by atoms with Gasteiger partial charge in [0.2, 0.25) is 5.91 Å². The molecule has 0 aromatic carbocycles. The summed E-state index contributed by atoms with van der Waals surface area (Å²) < 4.78 is 1.78. The van der Waals surface area contributed by atoms with Crippen LogP contribution in [0, 0.1) is 6.92 Å². The van der Waals surface area contributed by atoms with Crippen molar-refractivity contribution in [1.82, 2.24) is 20.1 Å². The van der Waals surface area contributed by atoms with Crippen molar-refractivity contribution in [3.8, 4) is 0 Å². The maximum absolute atomic E-state index is 10.7. The molecule has 0 unspecified atom stereocenters. The number of aromatic nitrogens is 3. The predicted molar refractivity (Wildman–Crippen MR) is 61.8 cm³/mol. The number of amides is 1. The van der Waals surface area contributed by atoms with Gasteiger partial charge in [-0.3, -0.25) is 9.59 Å². The van der Waals surface area contributed by atoms with Crippen LogP contribution in [0.15, 0.2) is 5.16 Å². The number of aliphatic carboxylic acids is 1. The quantitative estimate of drug-likeness (QED) is 0.691. The lowest BCUT2D eigenvalue weighted by atomic mass is 10.5. The normalized spacial score (nSPS) is 10.2. The Labute approximate surface area is 103 Å². The lowest BCUT2D eigenvalue weighted by Crippen LogP contribution is -2.25. The van der Waals surface area contributed by atoms with Gasteiger partial charge in [0, 0.05) is 20.0 Å². The van der Waals surface area contributed by atoms with Crippen LogP contribution in [0.2, 0.25) is 0 Å². The SMILES string of the molecule is CC(=O)NCCn1c(C)nnc1SCC(=O)O. The standard InChI is InChI=1S/C9H14N4O3S/c1-6-11-12-9(17-5-8(15)16)13(6)4-3-10-7(2)14/h3-5H2,1-2H3,(H,10,14)(H,15,16). The highest BCUT2D eigenvalue weighted by Gasteiger charge is 2.10. The van der Waals surface area contributed by atoms with Gasteiger partial charge in [-0.15, -0.1) is 10.2 Å². The number of hydrogen-bond acceptors (Lipinski definition) is 5. The molecule has 94 valence electrons. The van der Waals surface area contributed by atoms with Gasteiger partial charge in [0.15, 0.2) is 5.16 Å². The van der Waals surface area contributed by atoms with Crippen LogP contribution >= 0.6 is 11.8 Å². The van der Waals surface area contributed by atoms with Crippen molar-refractivity contribution < 1.29 is 14.7 Å². The van der Waals surface area contributed by atoms with Crippen LogP contribution in [0.3, 0.4) is 0 Å². The summed E-state index contributed by atoms with van der Waals surface area (Å²) in [6, 6.07) is 0. The van der Waals surface area contributed by atoms with E-state index >= 15 is 0 Å². The molecular weight excluding hydrogens is 244 g/mol. The topological polar surface area (TPSA) is 97.1 Å². The van der Waals surface area contributed by atoms with Crippen molar-refractivity contribution in [1.29, 1.82) is 0 Å². The lowest BCUT2D eigenvalue weighted by Gasteiger charge is -2.07. The number of carboxylic acids is 1. The molecule has 0 fully saturated rings. The highest BCUT2D eigenvalue weighted by Crippen LogP contribution is 2.15. The van der Waals surface area contributed by atoms with Crippen LogP contribution in [0.1, 0.15) is 12.7 Å². The maximum atomic E-state index is 10.7. The van der Waals surface area contributed by atoms with Crippen molar-refractivity contribution in [2.24, 2.45) is 0 Å². The van der Waals surface area contributed by atoms with Crippen molar-refractivity contribution in [2.45, 2.75) is 25.5 Å². The Morgan fingerprint density at radius 2 is 2.18 bits per heavy atom. The van der Waals surface area contributed by atoms with E-state index in [1.54, 1.807) is 11.5 Å². The average Bonchev–Trinajstić information content (AvgIpc) is 2.57. The number of hydrogen-bond donors (Lipinski definition) is 2. The first-order valence-corrected chi connectivity index (χ1v) is 5.98. The maximum Gasteiger partial charge on any atom is 0.313 e. The Balaban J connectivity index is 2.59. The Bertz CT molecular complexity index is 418. The van der Waals surface area contributed by atoms with E-state index < -0.39 is 5.97 Å². The molecule has 1 aromatic rings. The monoisotopic (exact) mass is 258 g/mol. The number of thioether (sulfide) groups is 1. The number of nitrogens with one attached hydrogen (secondary N) is 1. The summed E-state index contributed by atoms with van der Waals surface area (Å²) >= 11 is 1.11. The summed E-state index contributed by atoms with van der Waals surface area (Å²) in [5, 5.41) is 19.6. The van der Waals surface area contributed by atoms with Crippen molar-refractivity contribution in [2.75, 3.05) is 12.3 Å². The third-order valence-corrected chi connectivity index (χ3v) is 2.89. The van der Waals surface area contributed by atoms with Crippen LogP contribution in [-0.2, 0) is 16.1 Å². The minimum absolute atomic E-state index is 0.0573. The molecule has 7 nitrogen and oxygen atoms in total. The minimum Gasteiger partial charge on any atom is -0.481 e. The third kappa shape index (κ3) is 4.43. The number of carboxylic acid groups (broad SMARTS) is 1. The van der Waals surface area contributed by atoms with Crippen LogP contribution in [0.25, 0.3) is 0 Å². The summed E-state index contributed by atoms with van der Waals surface area (Å²) in [4.78, 5) is 21.2. The molecule has 0 saturated heterocycles. The second-order valence-corrected chi connectivity index (χ2v) is 4.29. The van der Waals surface area contributed by atoms with Crippen molar-refractivity contribution in [3.05, 3.63) is 5.82 Å². The Kier molecular flexibility index (Phi) is 4.95. The van der Waals surface area contributed by atoms with Gasteiger partial charge >= 0.3 is 5.97 Å². The molecule has 0 saturated carbocycles. The lowest BCUT2D eigenvalue weighted by molar-refractivity contribution is -0.133. The summed E-state index contributed by atoms with van der Waals surface area (Å²) in [7, 11) is 0. The zero-order chi connectivity index (χ0) is 12.8. The van der Waals surface area contributed by atoms with Gasteiger partial charge in [-0.1, -0.05) is 11.8 Å². The van der Waals surface area contributed by atoms with Crippen LogP contribution in [0.5, 0.6) is 0 Å². The van der Waals surface area contributed by atoms with Crippen LogP contribution in [0.4, 0.5) is 0 Å². The molecule has 1 heterocycles. The molecule has 1 amide bonds. The van der Waals surface area contributed by atoms with E-state index in [-0.39, 0.29) is 11.7 Å². The summed E-state index contributed by atoms with van der Waals surface area (Å²) in [6.07, 6.45) is 0. The molecule has 0 radical (unpaired) electrons. The van der Waals surface area contributed by atoms with Crippen LogP contribution in [-0.4, -0.2) is 44.0 Å². The summed E-state index contributed by atoms with van der Waals surface area (Å²) in [5.41, 5.74) is 0. The number of nitrogens with zero attached hydrogens (tertiary/aromatic N) is 3. The van der Waals surface area contributed by atoms with E-state index in [2.05, 4.69) is 15.5 Å². The van der Waals surface area contributed by atoms with Crippen LogP contribution < -0.4 is 5.32 Å². The summed E-state index contributed by atoms with van der Waals surface area (Å²) in [6.45, 7) is 4.22. The molecule has 0 aliphatic carbocycles. The molecule has 8 heteroatoms. The molecule has 1 aromatic heterocycles. The molecule has 0 bridgehead atoms. The highest BCUT2D eigenvalue weighted by molar-refractivity contribution is 7.99. The molecule has 0 spiro atoms. The van der Waals surface area contributed by atoms with Gasteiger partial charge in [-0.25, -0.2) is 0 Å². The largest absolute Gasteiger partial charge is 0.481 e. The van der Waals surface area contributed by atoms with E-state index in [1.807, 2.05) is 0 Å². The predicted octanol–water partition coefficient (Wildman–Crippen LogP) is -0.101. The zero-order valence-electron chi connectivity index (χ0n) is 9.63. The fraction of sp³-hybridized carbons (Fsp3) is 0.556. The second kappa shape index (κ2) is 6.24. The van der Waals surface area contributed by atoms with Gasteiger partial charge in [-0.2, -0.15) is 0 Å². The molecular formula is C9H14N4O3S.